The van der Waals surface area contributed by atoms with E-state index in [1.54, 1.807) is 24.3 Å². The summed E-state index contributed by atoms with van der Waals surface area (Å²) in [6, 6.07) is 8.02. The molecule has 2 aromatic rings. The smallest absolute Gasteiger partial charge is 0.331 e. The van der Waals surface area contributed by atoms with E-state index in [-0.39, 0.29) is 0 Å². The molecule has 1 aromatic heterocycles. The molecule has 0 aliphatic rings. The van der Waals surface area contributed by atoms with Gasteiger partial charge in [-0.3, -0.25) is 4.79 Å². The molecule has 0 aliphatic heterocycles. The lowest BCUT2D eigenvalue weighted by molar-refractivity contribution is -0.142. The molecular formula is C16H11Cl3N2O3. The summed E-state index contributed by atoms with van der Waals surface area (Å²) in [5.74, 6) is -0.867. The predicted molar refractivity (Wildman–Crippen MR) is 94.3 cm³/mol. The van der Waals surface area contributed by atoms with E-state index < -0.39 is 18.5 Å². The summed E-state index contributed by atoms with van der Waals surface area (Å²) in [7, 11) is 0. The normalized spacial score (nSPS) is 10.6. The van der Waals surface area contributed by atoms with Gasteiger partial charge in [-0.05, 0) is 35.9 Å². The second-order valence-corrected chi connectivity index (χ2v) is 5.78. The van der Waals surface area contributed by atoms with E-state index >= 15 is 0 Å². The maximum absolute atomic E-state index is 11.6. The molecule has 0 spiro atoms. The Morgan fingerprint density at radius 2 is 1.92 bits per heavy atom. The summed E-state index contributed by atoms with van der Waals surface area (Å²) in [5, 5.41) is 3.72. The zero-order valence-electron chi connectivity index (χ0n) is 12.1. The van der Waals surface area contributed by atoms with E-state index in [0.29, 0.717) is 26.4 Å². The number of rotatable bonds is 5. The van der Waals surface area contributed by atoms with Crippen molar-refractivity contribution in [3.63, 3.8) is 0 Å². The molecule has 0 fully saturated rings. The quantitative estimate of drug-likeness (QED) is 0.617. The zero-order valence-corrected chi connectivity index (χ0v) is 14.4. The van der Waals surface area contributed by atoms with Gasteiger partial charge in [0.25, 0.3) is 5.91 Å². The molecule has 0 bridgehead atoms. The van der Waals surface area contributed by atoms with Crippen molar-refractivity contribution in [2.45, 2.75) is 0 Å². The molecule has 2 rings (SSSR count). The number of esters is 1. The van der Waals surface area contributed by atoms with Crippen LogP contribution in [-0.4, -0.2) is 23.5 Å². The Morgan fingerprint density at radius 1 is 1.12 bits per heavy atom. The number of nitrogens with zero attached hydrogens (tertiary/aromatic N) is 1. The van der Waals surface area contributed by atoms with Gasteiger partial charge < -0.3 is 10.1 Å². The maximum Gasteiger partial charge on any atom is 0.331 e. The molecule has 1 amide bonds. The highest BCUT2D eigenvalue weighted by molar-refractivity contribution is 6.42. The van der Waals surface area contributed by atoms with E-state index in [1.807, 2.05) is 0 Å². The number of hydrogen-bond acceptors (Lipinski definition) is 4. The zero-order chi connectivity index (χ0) is 17.5. The van der Waals surface area contributed by atoms with Gasteiger partial charge in [-0.1, -0.05) is 40.9 Å². The first-order chi connectivity index (χ1) is 11.4. The average Bonchev–Trinajstić information content (AvgIpc) is 2.56. The summed E-state index contributed by atoms with van der Waals surface area (Å²) in [4.78, 5) is 27.1. The van der Waals surface area contributed by atoms with Gasteiger partial charge in [0.05, 0.1) is 15.1 Å². The standard InChI is InChI=1S/C16H11Cl3N2O3/c17-11-3-5-14(20-8-11)21-15(22)9-24-16(23)6-2-10-1-4-12(18)13(19)7-10/h1-8H,9H2,(H,20,21,22)/b6-2+. The lowest BCUT2D eigenvalue weighted by atomic mass is 10.2. The van der Waals surface area contributed by atoms with Crippen molar-refractivity contribution in [1.29, 1.82) is 0 Å². The third-order valence-corrected chi connectivity index (χ3v) is 3.66. The molecule has 0 radical (unpaired) electrons. The molecule has 24 heavy (non-hydrogen) atoms. The SMILES string of the molecule is O=C(COC(=O)/C=C/c1ccc(Cl)c(Cl)c1)Nc1ccc(Cl)cn1. The Labute approximate surface area is 153 Å². The van der Waals surface area contributed by atoms with Crippen LogP contribution in [-0.2, 0) is 14.3 Å². The molecule has 5 nitrogen and oxygen atoms in total. The van der Waals surface area contributed by atoms with Gasteiger partial charge in [0.2, 0.25) is 0 Å². The van der Waals surface area contributed by atoms with Crippen molar-refractivity contribution in [2.24, 2.45) is 0 Å². The van der Waals surface area contributed by atoms with Gasteiger partial charge in [0.1, 0.15) is 5.82 Å². The Morgan fingerprint density at radius 3 is 2.58 bits per heavy atom. The molecule has 8 heteroatoms. The largest absolute Gasteiger partial charge is 0.452 e. The van der Waals surface area contributed by atoms with Crippen molar-refractivity contribution in [3.05, 3.63) is 63.2 Å². The van der Waals surface area contributed by atoms with Crippen molar-refractivity contribution in [1.82, 2.24) is 4.98 Å². The number of nitrogens with one attached hydrogen (secondary N) is 1. The first kappa shape index (κ1) is 18.3. The van der Waals surface area contributed by atoms with E-state index in [0.717, 1.165) is 0 Å². The topological polar surface area (TPSA) is 68.3 Å². The number of anilines is 1. The Hall–Kier alpha value is -2.08. The van der Waals surface area contributed by atoms with Crippen LogP contribution in [0.2, 0.25) is 15.1 Å². The molecular weight excluding hydrogens is 375 g/mol. The van der Waals surface area contributed by atoms with E-state index in [2.05, 4.69) is 10.3 Å². The molecule has 0 atom stereocenters. The van der Waals surface area contributed by atoms with Gasteiger partial charge in [0.15, 0.2) is 6.61 Å². The van der Waals surface area contributed by atoms with E-state index in [1.165, 1.54) is 24.4 Å². The molecule has 124 valence electrons. The number of ether oxygens (including phenoxy) is 1. The minimum atomic E-state index is -0.666. The van der Waals surface area contributed by atoms with E-state index in [4.69, 9.17) is 39.5 Å². The molecule has 1 heterocycles. The second-order valence-electron chi connectivity index (χ2n) is 4.52. The minimum Gasteiger partial charge on any atom is -0.452 e. The van der Waals surface area contributed by atoms with Crippen LogP contribution in [0, 0.1) is 0 Å². The summed E-state index contributed by atoms with van der Waals surface area (Å²) >= 11 is 17.4. The van der Waals surface area contributed by atoms with Crippen LogP contribution in [0.15, 0.2) is 42.6 Å². The number of halogens is 3. The molecule has 0 saturated heterocycles. The van der Waals surface area contributed by atoms with Crippen molar-refractivity contribution in [2.75, 3.05) is 11.9 Å². The number of carbonyl (C=O) groups is 2. The summed E-state index contributed by atoms with van der Waals surface area (Å²) < 4.78 is 4.82. The Kier molecular flexibility index (Phi) is 6.61. The molecule has 0 unspecified atom stereocenters. The summed E-state index contributed by atoms with van der Waals surface area (Å²) in [6.07, 6.45) is 4.08. The average molecular weight is 386 g/mol. The van der Waals surface area contributed by atoms with Crippen LogP contribution in [0.25, 0.3) is 6.08 Å². The van der Waals surface area contributed by atoms with Crippen LogP contribution < -0.4 is 5.32 Å². The van der Waals surface area contributed by atoms with Gasteiger partial charge >= 0.3 is 5.97 Å². The lowest BCUT2D eigenvalue weighted by Crippen LogP contribution is -2.20. The first-order valence-corrected chi connectivity index (χ1v) is 7.79. The monoisotopic (exact) mass is 384 g/mol. The first-order valence-electron chi connectivity index (χ1n) is 6.65. The molecule has 1 aromatic carbocycles. The summed E-state index contributed by atoms with van der Waals surface area (Å²) in [5.41, 5.74) is 0.677. The number of aromatic nitrogens is 1. The van der Waals surface area contributed by atoms with Crippen LogP contribution in [0.1, 0.15) is 5.56 Å². The third-order valence-electron chi connectivity index (χ3n) is 2.70. The van der Waals surface area contributed by atoms with Crippen molar-refractivity contribution in [3.8, 4) is 0 Å². The van der Waals surface area contributed by atoms with Crippen LogP contribution in [0.4, 0.5) is 5.82 Å². The van der Waals surface area contributed by atoms with Gasteiger partial charge in [-0.15, -0.1) is 0 Å². The van der Waals surface area contributed by atoms with E-state index in [9.17, 15) is 9.59 Å². The fraction of sp³-hybridized carbons (Fsp3) is 0.0625. The number of carbonyl (C=O) groups excluding carboxylic acids is 2. The highest BCUT2D eigenvalue weighted by Crippen LogP contribution is 2.23. The van der Waals surface area contributed by atoms with Crippen LogP contribution >= 0.6 is 34.8 Å². The minimum absolute atomic E-state index is 0.312. The number of pyridine rings is 1. The number of amides is 1. The predicted octanol–water partition coefficient (Wildman–Crippen LogP) is 4.24. The van der Waals surface area contributed by atoms with Gasteiger partial charge in [-0.25, -0.2) is 9.78 Å². The number of benzene rings is 1. The highest BCUT2D eigenvalue weighted by atomic mass is 35.5. The fourth-order valence-electron chi connectivity index (χ4n) is 1.59. The second kappa shape index (κ2) is 8.68. The number of hydrogen-bond donors (Lipinski definition) is 1. The van der Waals surface area contributed by atoms with Crippen molar-refractivity contribution >= 4 is 58.6 Å². The third kappa shape index (κ3) is 5.85. The van der Waals surface area contributed by atoms with Crippen molar-refractivity contribution < 1.29 is 14.3 Å². The Balaban J connectivity index is 1.81. The van der Waals surface area contributed by atoms with Gasteiger partial charge in [-0.2, -0.15) is 0 Å². The van der Waals surface area contributed by atoms with Crippen LogP contribution in [0.5, 0.6) is 0 Å². The molecule has 1 N–H and O–H groups in total. The lowest BCUT2D eigenvalue weighted by Gasteiger charge is -2.04. The molecule has 0 aliphatic carbocycles. The highest BCUT2D eigenvalue weighted by Gasteiger charge is 2.06. The molecule has 0 saturated carbocycles. The fourth-order valence-corrected chi connectivity index (χ4v) is 2.01. The van der Waals surface area contributed by atoms with Gasteiger partial charge in [0, 0.05) is 12.3 Å². The van der Waals surface area contributed by atoms with Crippen LogP contribution in [0.3, 0.4) is 0 Å². The maximum atomic E-state index is 11.6. The Bertz CT molecular complexity index is 777. The summed E-state index contributed by atoms with van der Waals surface area (Å²) in [6.45, 7) is -0.436.